The van der Waals surface area contributed by atoms with Gasteiger partial charge in [-0.1, -0.05) is 0 Å². The summed E-state index contributed by atoms with van der Waals surface area (Å²) in [5, 5.41) is 18.1. The lowest BCUT2D eigenvalue weighted by molar-refractivity contribution is 0.199. The van der Waals surface area contributed by atoms with Crippen molar-refractivity contribution in [2.75, 3.05) is 11.9 Å². The van der Waals surface area contributed by atoms with Gasteiger partial charge in [0.25, 0.3) is 0 Å². The Morgan fingerprint density at radius 1 is 1.56 bits per heavy atom. The van der Waals surface area contributed by atoms with Gasteiger partial charge in [-0.15, -0.1) is 0 Å². The van der Waals surface area contributed by atoms with Gasteiger partial charge in [-0.3, -0.25) is 0 Å². The summed E-state index contributed by atoms with van der Waals surface area (Å²) in [4.78, 5) is 6.17. The van der Waals surface area contributed by atoms with Crippen LogP contribution in [0.5, 0.6) is 0 Å². The van der Waals surface area contributed by atoms with Crippen LogP contribution in [0.4, 0.5) is 5.82 Å². The largest absolute Gasteiger partial charge is 0.389 e. The number of rotatable bonds is 4. The van der Waals surface area contributed by atoms with Gasteiger partial charge in [0.2, 0.25) is 0 Å². The predicted octanol–water partition coefficient (Wildman–Crippen LogP) is 1.87. The number of anilines is 1. The SMILES string of the molecule is CC(CC#N)N(C)c1cc([C@@H](C)O)ccn1. The molecule has 4 heteroatoms. The zero-order valence-corrected chi connectivity index (χ0v) is 9.88. The molecule has 2 atom stereocenters. The lowest BCUT2D eigenvalue weighted by Gasteiger charge is -2.24. The van der Waals surface area contributed by atoms with Crippen LogP contribution in [0.25, 0.3) is 0 Å². The molecular formula is C12H17N3O. The molecule has 16 heavy (non-hydrogen) atoms. The standard InChI is InChI=1S/C12H17N3O/c1-9(4-6-13)15(3)12-8-11(10(2)16)5-7-14-12/h5,7-10,16H,4H2,1-3H3/t9?,10-/m1/s1. The number of pyridine rings is 1. The van der Waals surface area contributed by atoms with Gasteiger partial charge in [0.15, 0.2) is 0 Å². The molecule has 1 N–H and O–H groups in total. The highest BCUT2D eigenvalue weighted by Crippen LogP contribution is 2.19. The van der Waals surface area contributed by atoms with E-state index in [0.717, 1.165) is 11.4 Å². The molecule has 1 heterocycles. The maximum Gasteiger partial charge on any atom is 0.128 e. The quantitative estimate of drug-likeness (QED) is 0.839. The fourth-order valence-corrected chi connectivity index (χ4v) is 1.38. The molecule has 0 radical (unpaired) electrons. The van der Waals surface area contributed by atoms with Crippen LogP contribution in [0.15, 0.2) is 18.3 Å². The van der Waals surface area contributed by atoms with Crippen molar-refractivity contribution in [3.8, 4) is 6.07 Å². The van der Waals surface area contributed by atoms with Crippen molar-refractivity contribution in [2.24, 2.45) is 0 Å². The van der Waals surface area contributed by atoms with Crippen LogP contribution in [0, 0.1) is 11.3 Å². The normalized spacial score (nSPS) is 13.9. The van der Waals surface area contributed by atoms with Crippen LogP contribution in [-0.4, -0.2) is 23.2 Å². The van der Waals surface area contributed by atoms with E-state index in [-0.39, 0.29) is 6.04 Å². The van der Waals surface area contributed by atoms with E-state index in [9.17, 15) is 5.11 Å². The molecule has 0 saturated carbocycles. The van der Waals surface area contributed by atoms with Crippen molar-refractivity contribution in [1.29, 1.82) is 5.26 Å². The molecule has 0 aliphatic heterocycles. The summed E-state index contributed by atoms with van der Waals surface area (Å²) in [6.07, 6.45) is 1.63. The molecule has 0 amide bonds. The number of aromatic nitrogens is 1. The molecule has 0 aromatic carbocycles. The van der Waals surface area contributed by atoms with E-state index in [1.807, 2.05) is 24.9 Å². The summed E-state index contributed by atoms with van der Waals surface area (Å²) in [7, 11) is 1.90. The first-order chi connectivity index (χ1) is 7.56. The third-order valence-electron chi connectivity index (χ3n) is 2.66. The van der Waals surface area contributed by atoms with Crippen molar-refractivity contribution in [3.05, 3.63) is 23.9 Å². The first-order valence-corrected chi connectivity index (χ1v) is 5.30. The van der Waals surface area contributed by atoms with Crippen LogP contribution < -0.4 is 4.90 Å². The summed E-state index contributed by atoms with van der Waals surface area (Å²) in [6.45, 7) is 3.69. The van der Waals surface area contributed by atoms with Crippen LogP contribution in [-0.2, 0) is 0 Å². The van der Waals surface area contributed by atoms with Gasteiger partial charge in [-0.25, -0.2) is 4.98 Å². The molecule has 0 spiro atoms. The third-order valence-corrected chi connectivity index (χ3v) is 2.66. The summed E-state index contributed by atoms with van der Waals surface area (Å²) in [5.74, 6) is 0.779. The van der Waals surface area contributed by atoms with Gasteiger partial charge in [-0.05, 0) is 31.5 Å². The Labute approximate surface area is 96.2 Å². The topological polar surface area (TPSA) is 60.2 Å². The zero-order chi connectivity index (χ0) is 12.1. The first kappa shape index (κ1) is 12.5. The van der Waals surface area contributed by atoms with Crippen molar-refractivity contribution in [2.45, 2.75) is 32.4 Å². The van der Waals surface area contributed by atoms with Gasteiger partial charge in [0.05, 0.1) is 18.6 Å². The summed E-state index contributed by atoms with van der Waals surface area (Å²) in [5.41, 5.74) is 0.834. The average Bonchev–Trinajstić information content (AvgIpc) is 2.28. The Morgan fingerprint density at radius 2 is 2.25 bits per heavy atom. The Morgan fingerprint density at radius 3 is 2.81 bits per heavy atom. The van der Waals surface area contributed by atoms with E-state index in [0.29, 0.717) is 6.42 Å². The van der Waals surface area contributed by atoms with E-state index in [2.05, 4.69) is 11.1 Å². The van der Waals surface area contributed by atoms with Crippen LogP contribution >= 0.6 is 0 Å². The second-order valence-corrected chi connectivity index (χ2v) is 3.95. The van der Waals surface area contributed by atoms with Crippen molar-refractivity contribution in [1.82, 2.24) is 4.98 Å². The smallest absolute Gasteiger partial charge is 0.128 e. The van der Waals surface area contributed by atoms with Crippen LogP contribution in [0.3, 0.4) is 0 Å². The Kier molecular flexibility index (Phi) is 4.27. The van der Waals surface area contributed by atoms with E-state index >= 15 is 0 Å². The predicted molar refractivity (Wildman–Crippen MR) is 63.0 cm³/mol. The molecule has 1 unspecified atom stereocenters. The summed E-state index contributed by atoms with van der Waals surface area (Å²) >= 11 is 0. The van der Waals surface area contributed by atoms with Gasteiger partial charge in [-0.2, -0.15) is 5.26 Å². The fourth-order valence-electron chi connectivity index (χ4n) is 1.38. The monoisotopic (exact) mass is 219 g/mol. The van der Waals surface area contributed by atoms with Crippen molar-refractivity contribution >= 4 is 5.82 Å². The molecule has 1 aromatic heterocycles. The van der Waals surface area contributed by atoms with E-state index in [1.165, 1.54) is 0 Å². The molecule has 0 bridgehead atoms. The van der Waals surface area contributed by atoms with Gasteiger partial charge in [0, 0.05) is 19.3 Å². The number of aliphatic hydroxyl groups excluding tert-OH is 1. The zero-order valence-electron chi connectivity index (χ0n) is 9.88. The Hall–Kier alpha value is -1.60. The molecule has 0 aliphatic rings. The number of nitrogens with zero attached hydrogens (tertiary/aromatic N) is 3. The first-order valence-electron chi connectivity index (χ1n) is 5.30. The van der Waals surface area contributed by atoms with Gasteiger partial charge >= 0.3 is 0 Å². The Bertz CT molecular complexity index is 384. The lowest BCUT2D eigenvalue weighted by atomic mass is 10.1. The van der Waals surface area contributed by atoms with Crippen molar-refractivity contribution in [3.63, 3.8) is 0 Å². The molecule has 1 rings (SSSR count). The molecule has 1 aromatic rings. The van der Waals surface area contributed by atoms with Gasteiger partial charge < -0.3 is 10.0 Å². The summed E-state index contributed by atoms with van der Waals surface area (Å²) in [6, 6.07) is 5.88. The highest BCUT2D eigenvalue weighted by atomic mass is 16.3. The number of nitriles is 1. The second-order valence-electron chi connectivity index (χ2n) is 3.95. The number of aliphatic hydroxyl groups is 1. The van der Waals surface area contributed by atoms with E-state index in [4.69, 9.17) is 5.26 Å². The third kappa shape index (κ3) is 2.94. The molecule has 86 valence electrons. The highest BCUT2D eigenvalue weighted by Gasteiger charge is 2.12. The number of hydrogen-bond acceptors (Lipinski definition) is 4. The van der Waals surface area contributed by atoms with Crippen molar-refractivity contribution < 1.29 is 5.11 Å². The fraction of sp³-hybridized carbons (Fsp3) is 0.500. The van der Waals surface area contributed by atoms with Crippen LogP contribution in [0.1, 0.15) is 31.9 Å². The molecule has 4 nitrogen and oxygen atoms in total. The second kappa shape index (κ2) is 5.47. The average molecular weight is 219 g/mol. The minimum absolute atomic E-state index is 0.113. The maximum absolute atomic E-state index is 9.47. The molecule has 0 aliphatic carbocycles. The molecular weight excluding hydrogens is 202 g/mol. The Balaban J connectivity index is 2.87. The highest BCUT2D eigenvalue weighted by molar-refractivity contribution is 5.41. The lowest BCUT2D eigenvalue weighted by Crippen LogP contribution is -2.29. The minimum Gasteiger partial charge on any atom is -0.389 e. The number of hydrogen-bond donors (Lipinski definition) is 1. The van der Waals surface area contributed by atoms with Gasteiger partial charge in [0.1, 0.15) is 5.82 Å². The maximum atomic E-state index is 9.47. The molecule has 0 fully saturated rings. The molecule has 0 saturated heterocycles. The minimum atomic E-state index is -0.499. The van der Waals surface area contributed by atoms with E-state index in [1.54, 1.807) is 19.2 Å². The summed E-state index contributed by atoms with van der Waals surface area (Å²) < 4.78 is 0. The van der Waals surface area contributed by atoms with Crippen LogP contribution in [0.2, 0.25) is 0 Å². The van der Waals surface area contributed by atoms with E-state index < -0.39 is 6.10 Å².